The maximum absolute atomic E-state index is 11.8. The predicted molar refractivity (Wildman–Crippen MR) is 91.8 cm³/mol. The molecular formula is C17H28N2O2S. The molecule has 1 unspecified atom stereocenters. The molecule has 0 amide bonds. The quantitative estimate of drug-likeness (QED) is 0.845. The number of benzene rings is 1. The Morgan fingerprint density at radius 2 is 1.73 bits per heavy atom. The van der Waals surface area contributed by atoms with Crippen LogP contribution in [0.25, 0.3) is 0 Å². The average Bonchev–Trinajstić information content (AvgIpc) is 2.53. The van der Waals surface area contributed by atoms with Gasteiger partial charge in [0.2, 0.25) is 10.0 Å². The predicted octanol–water partition coefficient (Wildman–Crippen LogP) is 2.58. The second kappa shape index (κ2) is 7.57. The first kappa shape index (κ1) is 17.4. The van der Waals surface area contributed by atoms with Crippen LogP contribution in [-0.2, 0) is 10.0 Å². The van der Waals surface area contributed by atoms with Crippen molar-refractivity contribution in [3.05, 3.63) is 35.4 Å². The molecule has 1 saturated heterocycles. The van der Waals surface area contributed by atoms with Crippen LogP contribution in [0.1, 0.15) is 56.6 Å². The van der Waals surface area contributed by atoms with Crippen LogP contribution in [0.15, 0.2) is 24.3 Å². The first-order valence-electron chi connectivity index (χ1n) is 8.19. The molecule has 1 heterocycles. The van der Waals surface area contributed by atoms with Crippen molar-refractivity contribution in [3.8, 4) is 0 Å². The molecule has 1 atom stereocenters. The summed E-state index contributed by atoms with van der Waals surface area (Å²) in [6.07, 6.45) is 2.40. The van der Waals surface area contributed by atoms with Gasteiger partial charge in [-0.1, -0.05) is 31.2 Å². The minimum Gasteiger partial charge on any atom is -0.317 e. The normalized spacial score (nSPS) is 18.5. The van der Waals surface area contributed by atoms with Gasteiger partial charge < -0.3 is 5.32 Å². The van der Waals surface area contributed by atoms with Gasteiger partial charge in [-0.25, -0.2) is 13.1 Å². The zero-order chi connectivity index (χ0) is 16.2. The lowest BCUT2D eigenvalue weighted by Gasteiger charge is -2.23. The molecule has 0 radical (unpaired) electrons. The second-order valence-corrected chi connectivity index (χ2v) is 8.86. The Morgan fingerprint density at radius 1 is 1.14 bits per heavy atom. The van der Waals surface area contributed by atoms with Crippen molar-refractivity contribution in [2.75, 3.05) is 19.6 Å². The van der Waals surface area contributed by atoms with E-state index in [4.69, 9.17) is 0 Å². The number of piperidine rings is 1. The van der Waals surface area contributed by atoms with Crippen molar-refractivity contribution in [2.24, 2.45) is 0 Å². The molecule has 4 nitrogen and oxygen atoms in total. The van der Waals surface area contributed by atoms with Crippen LogP contribution in [0.5, 0.6) is 0 Å². The lowest BCUT2D eigenvalue weighted by molar-refractivity contribution is 0.460. The minimum atomic E-state index is -3.18. The van der Waals surface area contributed by atoms with Gasteiger partial charge in [-0.3, -0.25) is 0 Å². The molecule has 124 valence electrons. The van der Waals surface area contributed by atoms with Crippen LogP contribution in [0.2, 0.25) is 0 Å². The number of hydrogen-bond donors (Lipinski definition) is 2. The van der Waals surface area contributed by atoms with Crippen molar-refractivity contribution in [3.63, 3.8) is 0 Å². The molecule has 0 aromatic heterocycles. The Bertz CT molecular complexity index is 561. The standard InChI is InChI=1S/C17H28N2O2S/c1-13(2)22(20,21)19-12-14(3)15-4-6-16(7-5-15)17-8-10-18-11-9-17/h4-7,13-14,17-19H,8-12H2,1-3H3. The smallest absolute Gasteiger partial charge is 0.213 e. The molecule has 5 heteroatoms. The molecule has 0 spiro atoms. The van der Waals surface area contributed by atoms with E-state index >= 15 is 0 Å². The summed E-state index contributed by atoms with van der Waals surface area (Å²) in [4.78, 5) is 0. The van der Waals surface area contributed by atoms with Gasteiger partial charge in [-0.05, 0) is 62.7 Å². The summed E-state index contributed by atoms with van der Waals surface area (Å²) < 4.78 is 26.3. The van der Waals surface area contributed by atoms with E-state index in [-0.39, 0.29) is 11.2 Å². The van der Waals surface area contributed by atoms with E-state index in [1.807, 2.05) is 0 Å². The van der Waals surface area contributed by atoms with Gasteiger partial charge in [-0.15, -0.1) is 0 Å². The van der Waals surface area contributed by atoms with Crippen molar-refractivity contribution >= 4 is 10.0 Å². The van der Waals surface area contributed by atoms with Gasteiger partial charge in [0, 0.05) is 6.54 Å². The van der Waals surface area contributed by atoms with E-state index in [1.54, 1.807) is 13.8 Å². The first-order chi connectivity index (χ1) is 10.4. The second-order valence-electron chi connectivity index (χ2n) is 6.53. The van der Waals surface area contributed by atoms with E-state index in [1.165, 1.54) is 24.0 Å². The lowest BCUT2D eigenvalue weighted by atomic mass is 9.88. The number of sulfonamides is 1. The van der Waals surface area contributed by atoms with Gasteiger partial charge in [-0.2, -0.15) is 0 Å². The van der Waals surface area contributed by atoms with Gasteiger partial charge in [0.15, 0.2) is 0 Å². The summed E-state index contributed by atoms with van der Waals surface area (Å²) in [5.74, 6) is 0.834. The Labute approximate surface area is 134 Å². The molecule has 1 aromatic carbocycles. The van der Waals surface area contributed by atoms with Crippen LogP contribution in [-0.4, -0.2) is 33.3 Å². The summed E-state index contributed by atoms with van der Waals surface area (Å²) in [7, 11) is -3.18. The summed E-state index contributed by atoms with van der Waals surface area (Å²) in [5.41, 5.74) is 2.59. The summed E-state index contributed by atoms with van der Waals surface area (Å²) in [6.45, 7) is 8.09. The third-order valence-electron chi connectivity index (χ3n) is 4.53. The van der Waals surface area contributed by atoms with E-state index in [9.17, 15) is 8.42 Å². The molecule has 0 saturated carbocycles. The van der Waals surface area contributed by atoms with Crippen LogP contribution in [0.3, 0.4) is 0 Å². The molecule has 1 aromatic rings. The Morgan fingerprint density at radius 3 is 2.27 bits per heavy atom. The van der Waals surface area contributed by atoms with Crippen molar-refractivity contribution in [1.29, 1.82) is 0 Å². The highest BCUT2D eigenvalue weighted by Crippen LogP contribution is 2.26. The number of hydrogen-bond acceptors (Lipinski definition) is 3. The fourth-order valence-corrected chi connectivity index (χ4v) is 3.59. The average molecular weight is 324 g/mol. The SMILES string of the molecule is CC(CNS(=O)(=O)C(C)C)c1ccc(C2CCNCC2)cc1. The molecule has 0 bridgehead atoms. The van der Waals surface area contributed by atoms with Crippen LogP contribution < -0.4 is 10.0 Å². The third kappa shape index (κ3) is 4.54. The highest BCUT2D eigenvalue weighted by Gasteiger charge is 2.18. The molecule has 0 aliphatic carbocycles. The van der Waals surface area contributed by atoms with Crippen LogP contribution in [0, 0.1) is 0 Å². The topological polar surface area (TPSA) is 58.2 Å². The van der Waals surface area contributed by atoms with Crippen LogP contribution >= 0.6 is 0 Å². The van der Waals surface area contributed by atoms with E-state index in [0.717, 1.165) is 13.1 Å². The molecule has 1 aliphatic heterocycles. The Balaban J connectivity index is 1.94. The zero-order valence-electron chi connectivity index (χ0n) is 13.8. The van der Waals surface area contributed by atoms with Crippen LogP contribution in [0.4, 0.5) is 0 Å². The number of rotatable bonds is 6. The first-order valence-corrected chi connectivity index (χ1v) is 9.74. The molecule has 2 N–H and O–H groups in total. The van der Waals surface area contributed by atoms with Gasteiger partial charge in [0.1, 0.15) is 0 Å². The largest absolute Gasteiger partial charge is 0.317 e. The van der Waals surface area contributed by atoms with Crippen molar-refractivity contribution in [2.45, 2.75) is 50.7 Å². The molecule has 1 fully saturated rings. The lowest BCUT2D eigenvalue weighted by Crippen LogP contribution is -2.33. The van der Waals surface area contributed by atoms with Crippen molar-refractivity contribution in [1.82, 2.24) is 10.0 Å². The molecule has 1 aliphatic rings. The minimum absolute atomic E-state index is 0.176. The Kier molecular flexibility index (Phi) is 6.01. The molecule has 2 rings (SSSR count). The highest BCUT2D eigenvalue weighted by atomic mass is 32.2. The molecular weight excluding hydrogens is 296 g/mol. The van der Waals surface area contributed by atoms with E-state index < -0.39 is 10.0 Å². The highest BCUT2D eigenvalue weighted by molar-refractivity contribution is 7.90. The maximum Gasteiger partial charge on any atom is 0.213 e. The van der Waals surface area contributed by atoms with E-state index in [0.29, 0.717) is 12.5 Å². The third-order valence-corrected chi connectivity index (χ3v) is 6.34. The van der Waals surface area contributed by atoms with E-state index in [2.05, 4.69) is 41.2 Å². The fourth-order valence-electron chi connectivity index (χ4n) is 2.78. The molecule has 22 heavy (non-hydrogen) atoms. The Hall–Kier alpha value is -0.910. The maximum atomic E-state index is 11.8. The fraction of sp³-hybridized carbons (Fsp3) is 0.647. The van der Waals surface area contributed by atoms with Crippen molar-refractivity contribution < 1.29 is 8.42 Å². The monoisotopic (exact) mass is 324 g/mol. The zero-order valence-corrected chi connectivity index (χ0v) is 14.6. The summed E-state index contributed by atoms with van der Waals surface area (Å²) in [6, 6.07) is 8.70. The summed E-state index contributed by atoms with van der Waals surface area (Å²) in [5, 5.41) is 3.00. The van der Waals surface area contributed by atoms with Gasteiger partial charge in [0.05, 0.1) is 5.25 Å². The van der Waals surface area contributed by atoms with Gasteiger partial charge in [0.25, 0.3) is 0 Å². The number of nitrogens with one attached hydrogen (secondary N) is 2. The van der Waals surface area contributed by atoms with Gasteiger partial charge >= 0.3 is 0 Å². The summed E-state index contributed by atoms with van der Waals surface area (Å²) >= 11 is 0.